The monoisotopic (exact) mass is 314 g/mol. The summed E-state index contributed by atoms with van der Waals surface area (Å²) in [4.78, 5) is 17.5. The van der Waals surface area contributed by atoms with E-state index < -0.39 is 11.9 Å². The van der Waals surface area contributed by atoms with Crippen molar-refractivity contribution >= 4 is 6.03 Å². The van der Waals surface area contributed by atoms with Crippen molar-refractivity contribution < 1.29 is 18.0 Å². The molecule has 3 aliphatic heterocycles. The first-order valence-electron chi connectivity index (χ1n) is 7.24. The van der Waals surface area contributed by atoms with Crippen LogP contribution in [0.4, 0.5) is 18.0 Å². The largest absolute Gasteiger partial charge is 0.433 e. The summed E-state index contributed by atoms with van der Waals surface area (Å²) in [6.45, 7) is 1.41. The molecule has 0 spiro atoms. The number of carbonyl (C=O) groups is 1. The molecule has 1 aromatic heterocycles. The summed E-state index contributed by atoms with van der Waals surface area (Å²) in [6.07, 6.45) is -2.45. The average molecular weight is 314 g/mol. The molecular formula is C14H17F3N4O. The van der Waals surface area contributed by atoms with Crippen LogP contribution in [0.25, 0.3) is 0 Å². The summed E-state index contributed by atoms with van der Waals surface area (Å²) in [6, 6.07) is 3.93. The molecule has 2 unspecified atom stereocenters. The Kier molecular flexibility index (Phi) is 3.94. The van der Waals surface area contributed by atoms with Crippen molar-refractivity contribution in [2.24, 2.45) is 0 Å². The Hall–Kier alpha value is -1.83. The minimum absolute atomic E-state index is 0.00985. The third kappa shape index (κ3) is 3.16. The Morgan fingerprint density at radius 1 is 1.41 bits per heavy atom. The van der Waals surface area contributed by atoms with Crippen molar-refractivity contribution in [1.82, 2.24) is 20.5 Å². The molecule has 1 aromatic rings. The highest BCUT2D eigenvalue weighted by molar-refractivity contribution is 5.74. The number of pyridine rings is 1. The Bertz CT molecular complexity index is 555. The number of hydrogen-bond donors (Lipinski definition) is 2. The highest BCUT2D eigenvalue weighted by Crippen LogP contribution is 2.27. The molecule has 4 rings (SSSR count). The van der Waals surface area contributed by atoms with Gasteiger partial charge in [-0.15, -0.1) is 0 Å². The van der Waals surface area contributed by atoms with Gasteiger partial charge in [0, 0.05) is 25.2 Å². The van der Waals surface area contributed by atoms with Gasteiger partial charge in [-0.25, -0.2) is 9.78 Å². The molecule has 5 nitrogen and oxygen atoms in total. The van der Waals surface area contributed by atoms with E-state index >= 15 is 0 Å². The molecule has 22 heavy (non-hydrogen) atoms. The highest BCUT2D eigenvalue weighted by Gasteiger charge is 2.36. The van der Waals surface area contributed by atoms with Crippen LogP contribution in [0.15, 0.2) is 18.2 Å². The number of halogens is 3. The molecule has 3 aliphatic rings. The van der Waals surface area contributed by atoms with Crippen LogP contribution in [0.3, 0.4) is 0 Å². The van der Waals surface area contributed by atoms with Gasteiger partial charge in [-0.1, -0.05) is 6.07 Å². The molecule has 3 saturated heterocycles. The van der Waals surface area contributed by atoms with E-state index in [9.17, 15) is 18.0 Å². The molecule has 0 saturated carbocycles. The Labute approximate surface area is 125 Å². The van der Waals surface area contributed by atoms with Crippen LogP contribution >= 0.6 is 0 Å². The van der Waals surface area contributed by atoms with Gasteiger partial charge in [0.05, 0.1) is 12.2 Å². The molecule has 4 heterocycles. The fourth-order valence-corrected chi connectivity index (χ4v) is 2.96. The van der Waals surface area contributed by atoms with Crippen molar-refractivity contribution in [3.8, 4) is 0 Å². The van der Waals surface area contributed by atoms with E-state index in [0.717, 1.165) is 25.5 Å². The summed E-state index contributed by atoms with van der Waals surface area (Å²) in [5.74, 6) is 0. The van der Waals surface area contributed by atoms with E-state index in [0.29, 0.717) is 12.6 Å². The summed E-state index contributed by atoms with van der Waals surface area (Å²) in [5.41, 5.74) is -0.746. The molecule has 2 atom stereocenters. The van der Waals surface area contributed by atoms with E-state index in [1.807, 2.05) is 0 Å². The van der Waals surface area contributed by atoms with Crippen LogP contribution in [0.5, 0.6) is 0 Å². The number of nitrogens with one attached hydrogen (secondary N) is 2. The van der Waals surface area contributed by atoms with Gasteiger partial charge in [0.2, 0.25) is 0 Å². The second kappa shape index (κ2) is 5.75. The zero-order valence-electron chi connectivity index (χ0n) is 11.9. The van der Waals surface area contributed by atoms with E-state index in [1.54, 1.807) is 4.90 Å². The Morgan fingerprint density at radius 2 is 2.23 bits per heavy atom. The number of carbonyl (C=O) groups excluding carboxylic acids is 1. The van der Waals surface area contributed by atoms with Crippen LogP contribution in [0, 0.1) is 0 Å². The average Bonchev–Trinajstić information content (AvgIpc) is 2.53. The molecule has 0 radical (unpaired) electrons. The topological polar surface area (TPSA) is 57.3 Å². The Balaban J connectivity index is 1.59. The number of nitrogens with zero attached hydrogens (tertiary/aromatic N) is 2. The number of rotatable bonds is 2. The lowest BCUT2D eigenvalue weighted by Gasteiger charge is -2.45. The lowest BCUT2D eigenvalue weighted by atomic mass is 9.93. The van der Waals surface area contributed by atoms with Crippen molar-refractivity contribution in [1.29, 1.82) is 0 Å². The molecule has 0 aromatic carbocycles. The molecule has 120 valence electrons. The fraction of sp³-hybridized carbons (Fsp3) is 0.571. The van der Waals surface area contributed by atoms with Gasteiger partial charge in [-0.3, -0.25) is 0 Å². The number of piperazine rings is 1. The molecule has 0 aliphatic carbocycles. The first-order valence-corrected chi connectivity index (χ1v) is 7.24. The number of urea groups is 1. The molecule has 2 amide bonds. The van der Waals surface area contributed by atoms with Gasteiger partial charge in [0.25, 0.3) is 0 Å². The van der Waals surface area contributed by atoms with Crippen LogP contribution in [0.1, 0.15) is 24.2 Å². The predicted molar refractivity (Wildman–Crippen MR) is 73.0 cm³/mol. The molecule has 2 N–H and O–H groups in total. The maximum atomic E-state index is 12.6. The zero-order valence-corrected chi connectivity index (χ0v) is 11.9. The first kappa shape index (κ1) is 15.1. The van der Waals surface area contributed by atoms with Crippen molar-refractivity contribution in [3.63, 3.8) is 0 Å². The van der Waals surface area contributed by atoms with Crippen LogP contribution in [-0.2, 0) is 12.7 Å². The standard InChI is InChI=1S/C14H17F3N4O/c15-14(16,17)12-3-1-2-9(20-12)6-19-13(22)21-8-10-4-5-11(21)7-18-10/h1-3,10-11,18H,4-8H2,(H,19,22). The fourth-order valence-electron chi connectivity index (χ4n) is 2.96. The van der Waals surface area contributed by atoms with Crippen LogP contribution in [-0.4, -0.2) is 41.1 Å². The quantitative estimate of drug-likeness (QED) is 0.874. The number of alkyl halides is 3. The maximum Gasteiger partial charge on any atom is 0.433 e. The van der Waals surface area contributed by atoms with Gasteiger partial charge in [-0.2, -0.15) is 13.2 Å². The number of piperidine rings is 2. The maximum absolute atomic E-state index is 12.6. The number of amides is 2. The molecule has 2 bridgehead atoms. The minimum atomic E-state index is -4.47. The van der Waals surface area contributed by atoms with E-state index in [1.165, 1.54) is 12.1 Å². The second-order valence-electron chi connectivity index (χ2n) is 5.66. The third-order valence-electron chi connectivity index (χ3n) is 4.13. The van der Waals surface area contributed by atoms with Gasteiger partial charge in [-0.05, 0) is 25.0 Å². The van der Waals surface area contributed by atoms with Crippen LogP contribution < -0.4 is 10.6 Å². The summed E-state index contributed by atoms with van der Waals surface area (Å²) in [7, 11) is 0. The van der Waals surface area contributed by atoms with E-state index in [2.05, 4.69) is 15.6 Å². The van der Waals surface area contributed by atoms with Gasteiger partial charge < -0.3 is 15.5 Å². The lowest BCUT2D eigenvalue weighted by molar-refractivity contribution is -0.141. The normalized spacial score (nSPS) is 24.4. The number of fused-ring (bicyclic) bond motifs is 3. The van der Waals surface area contributed by atoms with Crippen molar-refractivity contribution in [2.75, 3.05) is 13.1 Å². The summed E-state index contributed by atoms with van der Waals surface area (Å²) in [5, 5.41) is 6.00. The predicted octanol–water partition coefficient (Wildman–Crippen LogP) is 1.75. The highest BCUT2D eigenvalue weighted by atomic mass is 19.4. The second-order valence-corrected chi connectivity index (χ2v) is 5.66. The molecular weight excluding hydrogens is 297 g/mol. The first-order chi connectivity index (χ1) is 10.4. The smallest absolute Gasteiger partial charge is 0.332 e. The Morgan fingerprint density at radius 3 is 2.82 bits per heavy atom. The minimum Gasteiger partial charge on any atom is -0.332 e. The van der Waals surface area contributed by atoms with Gasteiger partial charge in [0.15, 0.2) is 0 Å². The van der Waals surface area contributed by atoms with E-state index in [-0.39, 0.29) is 24.3 Å². The van der Waals surface area contributed by atoms with Gasteiger partial charge >= 0.3 is 12.2 Å². The third-order valence-corrected chi connectivity index (χ3v) is 4.13. The lowest BCUT2D eigenvalue weighted by Crippen LogP contribution is -2.64. The summed E-state index contributed by atoms with van der Waals surface area (Å²) >= 11 is 0. The van der Waals surface area contributed by atoms with E-state index in [4.69, 9.17) is 0 Å². The molecule has 3 fully saturated rings. The SMILES string of the molecule is O=C(NCc1cccc(C(F)(F)F)n1)N1CC2CCC1CN2. The molecule has 8 heteroatoms. The van der Waals surface area contributed by atoms with Crippen molar-refractivity contribution in [2.45, 2.75) is 37.6 Å². The zero-order chi connectivity index (χ0) is 15.7. The number of aromatic nitrogens is 1. The van der Waals surface area contributed by atoms with Gasteiger partial charge in [0.1, 0.15) is 5.69 Å². The van der Waals surface area contributed by atoms with Crippen molar-refractivity contribution in [3.05, 3.63) is 29.6 Å². The number of hydrogen-bond acceptors (Lipinski definition) is 3. The van der Waals surface area contributed by atoms with Crippen LogP contribution in [0.2, 0.25) is 0 Å². The summed E-state index contributed by atoms with van der Waals surface area (Å²) < 4.78 is 37.8.